The van der Waals surface area contributed by atoms with Gasteiger partial charge in [0.05, 0.1) is 6.04 Å². The average Bonchev–Trinajstić information content (AvgIpc) is 2.86. The van der Waals surface area contributed by atoms with E-state index in [2.05, 4.69) is 79.8 Å². The SMILES string of the molecule is CC1CCC(NC(c2ccccc2)c2ccccc2)C1C. The molecule has 1 N–H and O–H groups in total. The molecule has 0 amide bonds. The van der Waals surface area contributed by atoms with E-state index in [-0.39, 0.29) is 0 Å². The maximum absolute atomic E-state index is 3.93. The van der Waals surface area contributed by atoms with Crippen molar-refractivity contribution in [3.05, 3.63) is 71.8 Å². The molecule has 1 fully saturated rings. The van der Waals surface area contributed by atoms with Gasteiger partial charge in [-0.05, 0) is 35.8 Å². The van der Waals surface area contributed by atoms with Crippen LogP contribution in [0.15, 0.2) is 60.7 Å². The fourth-order valence-corrected chi connectivity index (χ4v) is 3.49. The van der Waals surface area contributed by atoms with Crippen LogP contribution in [0.1, 0.15) is 43.9 Å². The standard InChI is InChI=1S/C20H25N/c1-15-13-14-19(16(15)2)21-20(17-9-5-3-6-10-17)18-11-7-4-8-12-18/h3-12,15-16,19-21H,13-14H2,1-2H3. The Bertz CT molecular complexity index is 509. The second kappa shape index (κ2) is 6.44. The largest absolute Gasteiger partial charge is 0.303 e. The molecule has 0 aliphatic heterocycles. The Morgan fingerprint density at radius 1 is 0.810 bits per heavy atom. The van der Waals surface area contributed by atoms with Gasteiger partial charge in [-0.1, -0.05) is 74.5 Å². The Morgan fingerprint density at radius 2 is 1.33 bits per heavy atom. The van der Waals surface area contributed by atoms with E-state index in [1.54, 1.807) is 0 Å². The lowest BCUT2D eigenvalue weighted by molar-refractivity contribution is 0.354. The summed E-state index contributed by atoms with van der Waals surface area (Å²) in [6, 6.07) is 22.5. The van der Waals surface area contributed by atoms with Crippen LogP contribution in [0.2, 0.25) is 0 Å². The summed E-state index contributed by atoms with van der Waals surface area (Å²) in [5.41, 5.74) is 2.71. The van der Waals surface area contributed by atoms with Crippen molar-refractivity contribution in [1.29, 1.82) is 0 Å². The summed E-state index contributed by atoms with van der Waals surface area (Å²) in [6.45, 7) is 4.77. The molecule has 3 atom stereocenters. The van der Waals surface area contributed by atoms with Crippen molar-refractivity contribution in [2.45, 2.75) is 38.8 Å². The molecule has 1 aliphatic carbocycles. The van der Waals surface area contributed by atoms with Gasteiger partial charge in [0.25, 0.3) is 0 Å². The Labute approximate surface area is 128 Å². The highest BCUT2D eigenvalue weighted by Crippen LogP contribution is 2.34. The molecule has 2 aromatic carbocycles. The van der Waals surface area contributed by atoms with Crippen molar-refractivity contribution >= 4 is 0 Å². The van der Waals surface area contributed by atoms with Crippen LogP contribution in [0.3, 0.4) is 0 Å². The molecule has 2 aromatic rings. The summed E-state index contributed by atoms with van der Waals surface area (Å²) in [6.07, 6.45) is 2.63. The summed E-state index contributed by atoms with van der Waals surface area (Å²) in [5.74, 6) is 1.58. The van der Waals surface area contributed by atoms with Gasteiger partial charge in [0, 0.05) is 6.04 Å². The van der Waals surface area contributed by atoms with Gasteiger partial charge in [-0.25, -0.2) is 0 Å². The molecule has 110 valence electrons. The van der Waals surface area contributed by atoms with Gasteiger partial charge >= 0.3 is 0 Å². The van der Waals surface area contributed by atoms with Crippen LogP contribution in [-0.2, 0) is 0 Å². The zero-order valence-electron chi connectivity index (χ0n) is 13.0. The smallest absolute Gasteiger partial charge is 0.0578 e. The number of nitrogens with one attached hydrogen (secondary N) is 1. The second-order valence-corrected chi connectivity index (χ2v) is 6.44. The summed E-state index contributed by atoms with van der Waals surface area (Å²) in [5, 5.41) is 3.93. The van der Waals surface area contributed by atoms with E-state index in [1.807, 2.05) is 0 Å². The number of benzene rings is 2. The summed E-state index contributed by atoms with van der Waals surface area (Å²) < 4.78 is 0. The van der Waals surface area contributed by atoms with E-state index in [0.29, 0.717) is 12.1 Å². The molecule has 1 heteroatoms. The van der Waals surface area contributed by atoms with Crippen molar-refractivity contribution < 1.29 is 0 Å². The third-order valence-electron chi connectivity index (χ3n) is 5.11. The lowest BCUT2D eigenvalue weighted by Gasteiger charge is -2.27. The molecule has 0 heterocycles. The predicted octanol–water partition coefficient (Wildman–Crippen LogP) is 4.80. The first kappa shape index (κ1) is 14.3. The van der Waals surface area contributed by atoms with Gasteiger partial charge < -0.3 is 5.32 Å². The minimum absolute atomic E-state index is 0.296. The van der Waals surface area contributed by atoms with Gasteiger partial charge in [-0.15, -0.1) is 0 Å². The van der Waals surface area contributed by atoms with Gasteiger partial charge in [-0.3, -0.25) is 0 Å². The zero-order valence-corrected chi connectivity index (χ0v) is 13.0. The van der Waals surface area contributed by atoms with Crippen molar-refractivity contribution in [2.24, 2.45) is 11.8 Å². The van der Waals surface area contributed by atoms with Crippen LogP contribution < -0.4 is 5.32 Å². The average molecular weight is 279 g/mol. The molecular formula is C20H25N. The first-order valence-electron chi connectivity index (χ1n) is 8.11. The molecular weight excluding hydrogens is 254 g/mol. The molecule has 3 unspecified atom stereocenters. The van der Waals surface area contributed by atoms with Crippen LogP contribution in [0.5, 0.6) is 0 Å². The minimum atomic E-state index is 0.296. The van der Waals surface area contributed by atoms with E-state index < -0.39 is 0 Å². The number of hydrogen-bond acceptors (Lipinski definition) is 1. The first-order chi connectivity index (χ1) is 10.3. The second-order valence-electron chi connectivity index (χ2n) is 6.44. The lowest BCUT2D eigenvalue weighted by Crippen LogP contribution is -2.36. The Kier molecular flexibility index (Phi) is 4.40. The molecule has 1 nitrogen and oxygen atoms in total. The molecule has 21 heavy (non-hydrogen) atoms. The zero-order chi connectivity index (χ0) is 14.7. The van der Waals surface area contributed by atoms with E-state index in [9.17, 15) is 0 Å². The highest BCUT2D eigenvalue weighted by atomic mass is 15.0. The van der Waals surface area contributed by atoms with Gasteiger partial charge in [0.15, 0.2) is 0 Å². The van der Waals surface area contributed by atoms with Crippen LogP contribution in [0.25, 0.3) is 0 Å². The maximum Gasteiger partial charge on any atom is 0.0578 e. The van der Waals surface area contributed by atoms with Gasteiger partial charge in [-0.2, -0.15) is 0 Å². The van der Waals surface area contributed by atoms with Crippen LogP contribution in [0.4, 0.5) is 0 Å². The molecule has 0 spiro atoms. The van der Waals surface area contributed by atoms with Crippen molar-refractivity contribution in [3.8, 4) is 0 Å². The highest BCUT2D eigenvalue weighted by molar-refractivity contribution is 5.31. The maximum atomic E-state index is 3.93. The van der Waals surface area contributed by atoms with Crippen molar-refractivity contribution in [3.63, 3.8) is 0 Å². The third kappa shape index (κ3) is 3.19. The van der Waals surface area contributed by atoms with E-state index >= 15 is 0 Å². The van der Waals surface area contributed by atoms with Gasteiger partial charge in [0.2, 0.25) is 0 Å². The van der Waals surface area contributed by atoms with E-state index in [0.717, 1.165) is 11.8 Å². The molecule has 1 aliphatic rings. The topological polar surface area (TPSA) is 12.0 Å². The minimum Gasteiger partial charge on any atom is -0.303 e. The number of rotatable bonds is 4. The van der Waals surface area contributed by atoms with E-state index in [4.69, 9.17) is 0 Å². The number of hydrogen-bond donors (Lipinski definition) is 1. The fraction of sp³-hybridized carbons (Fsp3) is 0.400. The normalized spacial score (nSPS) is 25.4. The quantitative estimate of drug-likeness (QED) is 0.847. The summed E-state index contributed by atoms with van der Waals surface area (Å²) >= 11 is 0. The Morgan fingerprint density at radius 3 is 1.76 bits per heavy atom. The monoisotopic (exact) mass is 279 g/mol. The molecule has 3 rings (SSSR count). The molecule has 0 aromatic heterocycles. The highest BCUT2D eigenvalue weighted by Gasteiger charge is 2.31. The molecule has 1 saturated carbocycles. The fourth-order valence-electron chi connectivity index (χ4n) is 3.49. The van der Waals surface area contributed by atoms with E-state index in [1.165, 1.54) is 24.0 Å². The van der Waals surface area contributed by atoms with Gasteiger partial charge in [0.1, 0.15) is 0 Å². The third-order valence-corrected chi connectivity index (χ3v) is 5.11. The summed E-state index contributed by atoms with van der Waals surface area (Å²) in [7, 11) is 0. The lowest BCUT2D eigenvalue weighted by atomic mass is 9.94. The van der Waals surface area contributed by atoms with Crippen molar-refractivity contribution in [1.82, 2.24) is 5.32 Å². The Hall–Kier alpha value is -1.60. The van der Waals surface area contributed by atoms with Crippen LogP contribution in [-0.4, -0.2) is 6.04 Å². The first-order valence-corrected chi connectivity index (χ1v) is 8.11. The Balaban J connectivity index is 1.87. The molecule has 0 saturated heterocycles. The predicted molar refractivity (Wildman–Crippen MR) is 89.2 cm³/mol. The summed E-state index contributed by atoms with van der Waals surface area (Å²) in [4.78, 5) is 0. The van der Waals surface area contributed by atoms with Crippen LogP contribution >= 0.6 is 0 Å². The van der Waals surface area contributed by atoms with Crippen molar-refractivity contribution in [2.75, 3.05) is 0 Å². The molecule has 0 bridgehead atoms. The van der Waals surface area contributed by atoms with Crippen LogP contribution in [0, 0.1) is 11.8 Å². The molecule has 0 radical (unpaired) electrons.